The van der Waals surface area contributed by atoms with Crippen molar-refractivity contribution in [2.45, 2.75) is 52.0 Å². The molecule has 5 nitrogen and oxygen atoms in total. The Kier molecular flexibility index (Phi) is 9.43. The molecule has 1 atom stereocenters. The summed E-state index contributed by atoms with van der Waals surface area (Å²) in [7, 11) is 0. The summed E-state index contributed by atoms with van der Waals surface area (Å²) in [6.45, 7) is 4.63. The fourth-order valence-corrected chi connectivity index (χ4v) is 1.37. The van der Waals surface area contributed by atoms with Crippen LogP contribution in [0.4, 0.5) is 0 Å². The lowest BCUT2D eigenvalue weighted by Crippen LogP contribution is -2.25. The molecule has 0 aromatic heterocycles. The van der Waals surface area contributed by atoms with E-state index in [9.17, 15) is 9.59 Å². The third kappa shape index (κ3) is 11.2. The summed E-state index contributed by atoms with van der Waals surface area (Å²) in [4.78, 5) is 22.3. The van der Waals surface area contributed by atoms with Crippen molar-refractivity contribution in [1.29, 1.82) is 0 Å². The minimum absolute atomic E-state index is 0.0227. The summed E-state index contributed by atoms with van der Waals surface area (Å²) in [5.74, 6) is -0.187. The van der Waals surface area contributed by atoms with Crippen LogP contribution in [0.3, 0.4) is 0 Å². The van der Waals surface area contributed by atoms with E-state index >= 15 is 0 Å². The first-order valence-electron chi connectivity index (χ1n) is 6.24. The van der Waals surface area contributed by atoms with Gasteiger partial charge in [-0.1, -0.05) is 0 Å². The lowest BCUT2D eigenvalue weighted by Gasteiger charge is -2.06. The summed E-state index contributed by atoms with van der Waals surface area (Å²) >= 11 is 0. The zero-order valence-corrected chi connectivity index (χ0v) is 10.8. The minimum atomic E-state index is -0.210. The molecule has 1 amide bonds. The van der Waals surface area contributed by atoms with Gasteiger partial charge >= 0.3 is 5.97 Å². The number of amides is 1. The zero-order chi connectivity index (χ0) is 13.1. The van der Waals surface area contributed by atoms with E-state index in [0.29, 0.717) is 32.4 Å². The number of nitrogens with one attached hydrogen (secondary N) is 1. The SMILES string of the molecule is CCOC(=O)CCCNC(=O)CCCC(C)N. The fourth-order valence-electron chi connectivity index (χ4n) is 1.37. The van der Waals surface area contributed by atoms with E-state index in [1.165, 1.54) is 0 Å². The molecule has 17 heavy (non-hydrogen) atoms. The van der Waals surface area contributed by atoms with Gasteiger partial charge in [0.05, 0.1) is 6.61 Å². The Balaban J connectivity index is 3.36. The third-order valence-electron chi connectivity index (χ3n) is 2.25. The lowest BCUT2D eigenvalue weighted by atomic mass is 10.1. The van der Waals surface area contributed by atoms with Crippen molar-refractivity contribution in [3.05, 3.63) is 0 Å². The molecule has 0 aliphatic heterocycles. The van der Waals surface area contributed by atoms with E-state index in [4.69, 9.17) is 10.5 Å². The van der Waals surface area contributed by atoms with E-state index in [1.807, 2.05) is 6.92 Å². The van der Waals surface area contributed by atoms with Crippen LogP contribution in [0.2, 0.25) is 0 Å². The monoisotopic (exact) mass is 244 g/mol. The number of rotatable bonds is 9. The lowest BCUT2D eigenvalue weighted by molar-refractivity contribution is -0.143. The number of nitrogens with two attached hydrogens (primary N) is 1. The summed E-state index contributed by atoms with van der Waals surface area (Å²) in [6.07, 6.45) is 3.14. The highest BCUT2D eigenvalue weighted by atomic mass is 16.5. The predicted molar refractivity (Wildman–Crippen MR) is 66.4 cm³/mol. The Bertz CT molecular complexity index is 230. The van der Waals surface area contributed by atoms with E-state index in [2.05, 4.69) is 5.32 Å². The Morgan fingerprint density at radius 3 is 2.59 bits per heavy atom. The summed E-state index contributed by atoms with van der Waals surface area (Å²) in [5, 5.41) is 2.77. The Hall–Kier alpha value is -1.10. The molecule has 0 radical (unpaired) electrons. The van der Waals surface area contributed by atoms with E-state index in [-0.39, 0.29) is 17.9 Å². The summed E-state index contributed by atoms with van der Waals surface area (Å²) < 4.78 is 4.77. The molecule has 0 rings (SSSR count). The van der Waals surface area contributed by atoms with E-state index in [1.54, 1.807) is 6.92 Å². The van der Waals surface area contributed by atoms with Gasteiger partial charge in [-0.25, -0.2) is 0 Å². The molecule has 0 aromatic rings. The molecule has 0 aliphatic rings. The van der Waals surface area contributed by atoms with Crippen LogP contribution in [-0.4, -0.2) is 31.1 Å². The van der Waals surface area contributed by atoms with Crippen molar-refractivity contribution in [2.24, 2.45) is 5.73 Å². The first kappa shape index (κ1) is 15.9. The minimum Gasteiger partial charge on any atom is -0.466 e. The molecule has 0 heterocycles. The second kappa shape index (κ2) is 10.1. The smallest absolute Gasteiger partial charge is 0.305 e. The number of hydrogen-bond acceptors (Lipinski definition) is 4. The molecule has 0 bridgehead atoms. The first-order chi connectivity index (χ1) is 8.06. The number of carbonyl (C=O) groups is 2. The van der Waals surface area contributed by atoms with Gasteiger partial charge in [-0.2, -0.15) is 0 Å². The van der Waals surface area contributed by atoms with Crippen LogP contribution in [-0.2, 0) is 14.3 Å². The molecule has 100 valence electrons. The second-order valence-electron chi connectivity index (χ2n) is 4.13. The van der Waals surface area contributed by atoms with Crippen LogP contribution in [0.1, 0.15) is 46.0 Å². The largest absolute Gasteiger partial charge is 0.466 e. The maximum Gasteiger partial charge on any atom is 0.305 e. The summed E-state index contributed by atoms with van der Waals surface area (Å²) in [6, 6.07) is 0.145. The first-order valence-corrected chi connectivity index (χ1v) is 6.24. The molecular formula is C12H24N2O3. The molecule has 0 fully saturated rings. The Morgan fingerprint density at radius 2 is 2.00 bits per heavy atom. The van der Waals surface area contributed by atoms with Crippen LogP contribution < -0.4 is 11.1 Å². The molecule has 0 spiro atoms. The van der Waals surface area contributed by atoms with Crippen molar-refractivity contribution in [3.8, 4) is 0 Å². The molecule has 0 saturated carbocycles. The Labute approximate surface area is 103 Å². The molecule has 3 N–H and O–H groups in total. The van der Waals surface area contributed by atoms with Crippen LogP contribution >= 0.6 is 0 Å². The molecule has 1 unspecified atom stereocenters. The van der Waals surface area contributed by atoms with Gasteiger partial charge in [0, 0.05) is 25.4 Å². The van der Waals surface area contributed by atoms with Gasteiger partial charge in [-0.05, 0) is 33.1 Å². The highest BCUT2D eigenvalue weighted by Gasteiger charge is 2.04. The Morgan fingerprint density at radius 1 is 1.29 bits per heavy atom. The maximum absolute atomic E-state index is 11.3. The molecule has 0 aromatic carbocycles. The van der Waals surface area contributed by atoms with Gasteiger partial charge in [0.15, 0.2) is 0 Å². The van der Waals surface area contributed by atoms with Crippen molar-refractivity contribution >= 4 is 11.9 Å². The fraction of sp³-hybridized carbons (Fsp3) is 0.833. The highest BCUT2D eigenvalue weighted by molar-refractivity contribution is 5.75. The highest BCUT2D eigenvalue weighted by Crippen LogP contribution is 1.98. The number of esters is 1. The number of hydrogen-bond donors (Lipinski definition) is 2. The molecular weight excluding hydrogens is 220 g/mol. The maximum atomic E-state index is 11.3. The van der Waals surface area contributed by atoms with Crippen molar-refractivity contribution in [1.82, 2.24) is 5.32 Å². The molecule has 0 saturated heterocycles. The standard InChI is InChI=1S/C12H24N2O3/c1-3-17-12(16)8-5-9-14-11(15)7-4-6-10(2)13/h10H,3-9,13H2,1-2H3,(H,14,15). The summed E-state index contributed by atoms with van der Waals surface area (Å²) in [5.41, 5.74) is 5.58. The van der Waals surface area contributed by atoms with Crippen LogP contribution in [0.5, 0.6) is 0 Å². The van der Waals surface area contributed by atoms with Gasteiger partial charge in [0.2, 0.25) is 5.91 Å². The van der Waals surface area contributed by atoms with E-state index < -0.39 is 0 Å². The van der Waals surface area contributed by atoms with Crippen molar-refractivity contribution in [3.63, 3.8) is 0 Å². The normalized spacial score (nSPS) is 11.9. The van der Waals surface area contributed by atoms with Crippen LogP contribution in [0, 0.1) is 0 Å². The van der Waals surface area contributed by atoms with Crippen molar-refractivity contribution in [2.75, 3.05) is 13.2 Å². The van der Waals surface area contributed by atoms with Gasteiger partial charge in [-0.15, -0.1) is 0 Å². The second-order valence-corrected chi connectivity index (χ2v) is 4.13. The predicted octanol–water partition coefficient (Wildman–Crippen LogP) is 0.963. The van der Waals surface area contributed by atoms with Crippen LogP contribution in [0.25, 0.3) is 0 Å². The average Bonchev–Trinajstić information content (AvgIpc) is 2.24. The number of ether oxygens (including phenoxy) is 1. The quantitative estimate of drug-likeness (QED) is 0.467. The third-order valence-corrected chi connectivity index (χ3v) is 2.25. The van der Waals surface area contributed by atoms with Gasteiger partial charge in [0.25, 0.3) is 0 Å². The average molecular weight is 244 g/mol. The van der Waals surface area contributed by atoms with Crippen LogP contribution in [0.15, 0.2) is 0 Å². The molecule has 5 heteroatoms. The van der Waals surface area contributed by atoms with Gasteiger partial charge < -0.3 is 15.8 Å². The molecule has 0 aliphatic carbocycles. The van der Waals surface area contributed by atoms with Gasteiger partial charge in [0.1, 0.15) is 0 Å². The zero-order valence-electron chi connectivity index (χ0n) is 10.8. The van der Waals surface area contributed by atoms with Gasteiger partial charge in [-0.3, -0.25) is 9.59 Å². The number of carbonyl (C=O) groups excluding carboxylic acids is 2. The van der Waals surface area contributed by atoms with E-state index in [0.717, 1.165) is 12.8 Å². The van der Waals surface area contributed by atoms with Crippen molar-refractivity contribution < 1.29 is 14.3 Å². The topological polar surface area (TPSA) is 81.4 Å².